The Hall–Kier alpha value is -0.0100. The molecule has 0 fully saturated rings. The van der Waals surface area contributed by atoms with Crippen LogP contribution >= 0.6 is 0 Å². The fourth-order valence-corrected chi connectivity index (χ4v) is 0.451. The van der Waals surface area contributed by atoms with Crippen molar-refractivity contribution in [1.82, 2.24) is 0 Å². The molecule has 0 radical (unpaired) electrons. The van der Waals surface area contributed by atoms with E-state index in [1.807, 2.05) is 0 Å². The predicted molar refractivity (Wildman–Crippen MR) is 55.8 cm³/mol. The van der Waals surface area contributed by atoms with Crippen LogP contribution in [0.5, 0.6) is 0 Å². The van der Waals surface area contributed by atoms with Gasteiger partial charge in [-0.25, -0.2) is 0 Å². The largest absolute Gasteiger partial charge is 0.394 e. The zero-order chi connectivity index (χ0) is 11.2. The van der Waals surface area contributed by atoms with Crippen LogP contribution in [0.25, 0.3) is 0 Å². The van der Waals surface area contributed by atoms with E-state index in [0.717, 1.165) is 0 Å². The molecule has 0 aromatic heterocycles. The zero-order valence-corrected chi connectivity index (χ0v) is 9.59. The first-order chi connectivity index (χ1) is 6.65. The van der Waals surface area contributed by atoms with E-state index in [1.54, 1.807) is 12.5 Å². The Kier molecular flexibility index (Phi) is 18.1. The molecule has 0 saturated heterocycles. The highest BCUT2D eigenvalue weighted by Gasteiger charge is 1.86. The van der Waals surface area contributed by atoms with Crippen molar-refractivity contribution >= 4 is 10.8 Å². The fraction of sp³-hybridized carbons (Fsp3) is 1.00. The highest BCUT2D eigenvalue weighted by molar-refractivity contribution is 7.83. The molecule has 0 aliphatic carbocycles. The molecule has 5 nitrogen and oxygen atoms in total. The summed E-state index contributed by atoms with van der Waals surface area (Å²) in [5, 5.41) is 16.5. The third-order valence-electron chi connectivity index (χ3n) is 0.843. The fourth-order valence-electron chi connectivity index (χ4n) is 0.451. The number of aliphatic hydroxyl groups is 2. The van der Waals surface area contributed by atoms with Gasteiger partial charge in [0.1, 0.15) is 0 Å². The van der Waals surface area contributed by atoms with Crippen LogP contribution in [-0.2, 0) is 20.3 Å². The van der Waals surface area contributed by atoms with Gasteiger partial charge in [0.05, 0.1) is 39.6 Å². The van der Waals surface area contributed by atoms with Crippen molar-refractivity contribution in [2.45, 2.75) is 0 Å². The molecule has 0 saturated carbocycles. The summed E-state index contributed by atoms with van der Waals surface area (Å²) >= 11 is 0. The highest BCUT2D eigenvalue weighted by Crippen LogP contribution is 1.76. The number of aliphatic hydroxyl groups excluding tert-OH is 2. The molecule has 0 aliphatic heterocycles. The van der Waals surface area contributed by atoms with E-state index in [0.29, 0.717) is 26.4 Å². The Labute approximate surface area is 87.5 Å². The molecule has 0 amide bonds. The average Bonchev–Trinajstić information content (AvgIpc) is 2.10. The van der Waals surface area contributed by atoms with Gasteiger partial charge in [-0.05, 0) is 0 Å². The van der Waals surface area contributed by atoms with Crippen molar-refractivity contribution in [3.63, 3.8) is 0 Å². The van der Waals surface area contributed by atoms with Crippen LogP contribution in [0.4, 0.5) is 0 Å². The lowest BCUT2D eigenvalue weighted by Crippen LogP contribution is -2.09. The minimum Gasteiger partial charge on any atom is -0.394 e. The minimum absolute atomic E-state index is 0.0417. The Morgan fingerprint density at radius 1 is 0.929 bits per heavy atom. The highest BCUT2D eigenvalue weighted by atomic mass is 32.2. The maximum atomic E-state index is 9.56. The summed E-state index contributed by atoms with van der Waals surface area (Å²) < 4.78 is 19.3. The summed E-state index contributed by atoms with van der Waals surface area (Å²) in [7, 11) is -0.611. The van der Waals surface area contributed by atoms with Crippen molar-refractivity contribution in [2.24, 2.45) is 0 Å². The maximum absolute atomic E-state index is 9.56. The smallest absolute Gasteiger partial charge is 0.0701 e. The molecule has 0 aliphatic rings. The second-order valence-corrected chi connectivity index (χ2v) is 3.90. The van der Waals surface area contributed by atoms with Crippen LogP contribution in [0.1, 0.15) is 0 Å². The average molecular weight is 228 g/mol. The quantitative estimate of drug-likeness (QED) is 0.547. The number of hydrogen-bond donors (Lipinski definition) is 2. The Morgan fingerprint density at radius 3 is 1.43 bits per heavy atom. The van der Waals surface area contributed by atoms with E-state index in [-0.39, 0.29) is 13.2 Å². The van der Waals surface area contributed by atoms with Gasteiger partial charge in [0, 0.05) is 23.3 Å². The predicted octanol–water partition coefficient (Wildman–Crippen LogP) is -1.00. The van der Waals surface area contributed by atoms with Crippen molar-refractivity contribution in [1.29, 1.82) is 0 Å². The lowest BCUT2D eigenvalue weighted by atomic mass is 10.7. The topological polar surface area (TPSA) is 76.0 Å². The zero-order valence-electron chi connectivity index (χ0n) is 8.77. The van der Waals surface area contributed by atoms with Crippen molar-refractivity contribution in [3.8, 4) is 0 Å². The van der Waals surface area contributed by atoms with Crippen LogP contribution < -0.4 is 0 Å². The molecule has 0 rings (SSSR count). The Bertz CT molecular complexity index is 108. The summed E-state index contributed by atoms with van der Waals surface area (Å²) in [6.07, 6.45) is 3.28. The molecular formula is C8H20O5S. The molecule has 0 aromatic carbocycles. The third-order valence-corrected chi connectivity index (χ3v) is 0.843. The van der Waals surface area contributed by atoms with Gasteiger partial charge in [-0.3, -0.25) is 4.21 Å². The lowest BCUT2D eigenvalue weighted by molar-refractivity contribution is 0.0222. The van der Waals surface area contributed by atoms with E-state index < -0.39 is 10.8 Å². The normalized spacial score (nSPS) is 9.79. The molecule has 6 heteroatoms. The van der Waals surface area contributed by atoms with Gasteiger partial charge < -0.3 is 19.7 Å². The number of ether oxygens (including phenoxy) is 2. The molecule has 0 spiro atoms. The molecule has 2 N–H and O–H groups in total. The van der Waals surface area contributed by atoms with Gasteiger partial charge in [-0.1, -0.05) is 0 Å². The SMILES string of the molecule is CS(C)=O.OCCOCCOCCO. The van der Waals surface area contributed by atoms with Crippen molar-refractivity contribution in [2.75, 3.05) is 52.2 Å². The summed E-state index contributed by atoms with van der Waals surface area (Å²) in [5.41, 5.74) is 0. The number of rotatable bonds is 7. The van der Waals surface area contributed by atoms with Gasteiger partial charge in [0.15, 0.2) is 0 Å². The van der Waals surface area contributed by atoms with Crippen LogP contribution in [0.2, 0.25) is 0 Å². The van der Waals surface area contributed by atoms with E-state index in [9.17, 15) is 4.21 Å². The standard InChI is InChI=1S/C6H14O4.C2H6OS/c7-1-3-9-5-6-10-4-2-8;1-4(2)3/h7-8H,1-6H2;1-2H3. The summed E-state index contributed by atoms with van der Waals surface area (Å²) in [6.45, 7) is 1.73. The lowest BCUT2D eigenvalue weighted by Gasteiger charge is -2.01. The molecular weight excluding hydrogens is 208 g/mol. The van der Waals surface area contributed by atoms with Gasteiger partial charge in [0.25, 0.3) is 0 Å². The molecule has 0 heterocycles. The molecule has 14 heavy (non-hydrogen) atoms. The van der Waals surface area contributed by atoms with E-state index >= 15 is 0 Å². The molecule has 0 atom stereocenters. The molecule has 0 unspecified atom stereocenters. The van der Waals surface area contributed by atoms with Crippen LogP contribution in [0.15, 0.2) is 0 Å². The third kappa shape index (κ3) is 29.6. The van der Waals surface area contributed by atoms with E-state index in [2.05, 4.69) is 0 Å². The van der Waals surface area contributed by atoms with Crippen LogP contribution in [0, 0.1) is 0 Å². The second-order valence-electron chi connectivity index (χ2n) is 2.41. The minimum atomic E-state index is -0.611. The van der Waals surface area contributed by atoms with Crippen molar-refractivity contribution < 1.29 is 23.9 Å². The first kappa shape index (κ1) is 16.4. The van der Waals surface area contributed by atoms with Gasteiger partial charge >= 0.3 is 0 Å². The number of hydrogen-bond acceptors (Lipinski definition) is 5. The molecule has 0 aromatic rings. The van der Waals surface area contributed by atoms with Crippen molar-refractivity contribution in [3.05, 3.63) is 0 Å². The first-order valence-electron chi connectivity index (χ1n) is 4.27. The Morgan fingerprint density at radius 2 is 1.21 bits per heavy atom. The van der Waals surface area contributed by atoms with Gasteiger partial charge in [-0.2, -0.15) is 0 Å². The first-order valence-corrected chi connectivity index (χ1v) is 6.24. The summed E-state index contributed by atoms with van der Waals surface area (Å²) in [5.74, 6) is 0. The van der Waals surface area contributed by atoms with Gasteiger partial charge in [-0.15, -0.1) is 0 Å². The summed E-state index contributed by atoms with van der Waals surface area (Å²) in [4.78, 5) is 0. The Balaban J connectivity index is 0. The molecule has 88 valence electrons. The maximum Gasteiger partial charge on any atom is 0.0701 e. The van der Waals surface area contributed by atoms with Crippen LogP contribution in [-0.4, -0.2) is 66.6 Å². The monoisotopic (exact) mass is 228 g/mol. The van der Waals surface area contributed by atoms with E-state index in [1.165, 1.54) is 0 Å². The van der Waals surface area contributed by atoms with Crippen LogP contribution in [0.3, 0.4) is 0 Å². The molecule has 0 bridgehead atoms. The summed E-state index contributed by atoms with van der Waals surface area (Å²) in [6, 6.07) is 0. The van der Waals surface area contributed by atoms with Gasteiger partial charge in [0.2, 0.25) is 0 Å². The van der Waals surface area contributed by atoms with E-state index in [4.69, 9.17) is 19.7 Å². The second kappa shape index (κ2) is 15.5.